The third-order valence-electron chi connectivity index (χ3n) is 5.43. The number of carbonyl (C=O) groups is 1. The predicted molar refractivity (Wildman–Crippen MR) is 131 cm³/mol. The van der Waals surface area contributed by atoms with E-state index < -0.39 is 15.9 Å². The van der Waals surface area contributed by atoms with E-state index >= 15 is 0 Å². The Labute approximate surface area is 197 Å². The minimum absolute atomic E-state index is 0.179. The van der Waals surface area contributed by atoms with Crippen LogP contribution in [0.1, 0.15) is 15.9 Å². The second-order valence-electron chi connectivity index (χ2n) is 7.53. The second kappa shape index (κ2) is 9.08. The highest BCUT2D eigenvalue weighted by molar-refractivity contribution is 7.89. The molecule has 0 atom stereocenters. The van der Waals surface area contributed by atoms with Gasteiger partial charge in [0, 0.05) is 22.0 Å². The highest BCUT2D eigenvalue weighted by Crippen LogP contribution is 2.33. The van der Waals surface area contributed by atoms with E-state index in [-0.39, 0.29) is 10.5 Å². The number of hydrogen-bond acceptors (Lipinski definition) is 7. The molecule has 0 unspecified atom stereocenters. The van der Waals surface area contributed by atoms with Gasteiger partial charge in [0.25, 0.3) is 5.91 Å². The molecule has 0 aliphatic heterocycles. The molecule has 4 rings (SSSR count). The van der Waals surface area contributed by atoms with Gasteiger partial charge in [-0.1, -0.05) is 36.4 Å². The molecule has 1 amide bonds. The highest BCUT2D eigenvalue weighted by Gasteiger charge is 2.18. The molecule has 4 N–H and O–H groups in total. The number of nitrogens with one attached hydrogen (secondary N) is 2. The molecule has 1 aromatic heterocycles. The van der Waals surface area contributed by atoms with Crippen LogP contribution in [0.2, 0.25) is 0 Å². The zero-order chi connectivity index (χ0) is 24.5. The number of nitrogens with two attached hydrogens (primary N) is 1. The van der Waals surface area contributed by atoms with Crippen LogP contribution < -0.4 is 20.5 Å². The first-order chi connectivity index (χ1) is 16.2. The van der Waals surface area contributed by atoms with Gasteiger partial charge >= 0.3 is 0 Å². The Hall–Kier alpha value is -4.02. The number of methoxy groups -OCH3 is 1. The first-order valence-electron chi connectivity index (χ1n) is 10.3. The van der Waals surface area contributed by atoms with Gasteiger partial charge in [0.15, 0.2) is 5.82 Å². The predicted octanol–water partition coefficient (Wildman–Crippen LogP) is 3.36. The summed E-state index contributed by atoms with van der Waals surface area (Å²) >= 11 is 0. The number of amides is 1. The standard InChI is InChI=1S/C24H23N5O4S/c1-14-8-9-15(12-21(14)34(31,32)26-2)22-17-6-4-5-7-18(17)24(29-28-22)27-16-10-11-20(33-3)19(13-16)23(25)30/h4-13,26H,1-3H3,(H2,25,30)(H,27,29). The van der Waals surface area contributed by atoms with E-state index in [1.54, 1.807) is 37.3 Å². The number of sulfonamides is 1. The molecule has 0 aliphatic carbocycles. The third kappa shape index (κ3) is 4.28. The van der Waals surface area contributed by atoms with Gasteiger partial charge in [-0.05, 0) is 43.8 Å². The monoisotopic (exact) mass is 477 g/mol. The summed E-state index contributed by atoms with van der Waals surface area (Å²) in [7, 11) is -0.799. The SMILES string of the molecule is CNS(=O)(=O)c1cc(-c2nnc(Nc3ccc(OC)c(C(N)=O)c3)c3ccccc23)ccc1C. The summed E-state index contributed by atoms with van der Waals surface area (Å²) in [6.07, 6.45) is 0. The molecule has 3 aromatic carbocycles. The first-order valence-corrected chi connectivity index (χ1v) is 11.8. The van der Waals surface area contributed by atoms with E-state index in [2.05, 4.69) is 20.2 Å². The summed E-state index contributed by atoms with van der Waals surface area (Å²) in [5.41, 5.74) is 8.07. The lowest BCUT2D eigenvalue weighted by atomic mass is 10.0. The molecule has 0 radical (unpaired) electrons. The Bertz CT molecular complexity index is 1520. The topological polar surface area (TPSA) is 136 Å². The van der Waals surface area contributed by atoms with Crippen LogP contribution in [0, 0.1) is 6.92 Å². The van der Waals surface area contributed by atoms with Crippen LogP contribution in [-0.4, -0.2) is 38.7 Å². The Morgan fingerprint density at radius 3 is 2.41 bits per heavy atom. The first kappa shape index (κ1) is 23.1. The lowest BCUT2D eigenvalue weighted by molar-refractivity contribution is 0.0997. The number of nitrogens with zero attached hydrogens (tertiary/aromatic N) is 2. The second-order valence-corrected chi connectivity index (χ2v) is 9.39. The Morgan fingerprint density at radius 2 is 1.74 bits per heavy atom. The van der Waals surface area contributed by atoms with Gasteiger partial charge < -0.3 is 15.8 Å². The van der Waals surface area contributed by atoms with Crippen molar-refractivity contribution in [2.45, 2.75) is 11.8 Å². The molecular formula is C24H23N5O4S. The van der Waals surface area contributed by atoms with Crippen LogP contribution in [-0.2, 0) is 10.0 Å². The van der Waals surface area contributed by atoms with E-state index in [4.69, 9.17) is 10.5 Å². The average Bonchev–Trinajstić information content (AvgIpc) is 2.84. The molecule has 0 saturated carbocycles. The summed E-state index contributed by atoms with van der Waals surface area (Å²) < 4.78 is 32.4. The summed E-state index contributed by atoms with van der Waals surface area (Å²) in [5.74, 6) is 0.227. The lowest BCUT2D eigenvalue weighted by Crippen LogP contribution is -2.19. The fraction of sp³-hybridized carbons (Fsp3) is 0.125. The number of fused-ring (bicyclic) bond motifs is 1. The van der Waals surface area contributed by atoms with Crippen molar-refractivity contribution in [3.8, 4) is 17.0 Å². The Kier molecular flexibility index (Phi) is 6.18. The van der Waals surface area contributed by atoms with Gasteiger partial charge in [-0.3, -0.25) is 4.79 Å². The van der Waals surface area contributed by atoms with Gasteiger partial charge in [0.2, 0.25) is 10.0 Å². The van der Waals surface area contributed by atoms with Crippen LogP contribution in [0.3, 0.4) is 0 Å². The molecule has 1 heterocycles. The van der Waals surface area contributed by atoms with E-state index in [0.717, 1.165) is 10.8 Å². The minimum Gasteiger partial charge on any atom is -0.496 e. The number of aryl methyl sites for hydroxylation is 1. The summed E-state index contributed by atoms with van der Waals surface area (Å²) in [6, 6.07) is 17.6. The Balaban J connectivity index is 1.82. The summed E-state index contributed by atoms with van der Waals surface area (Å²) in [4.78, 5) is 12.0. The molecule has 0 saturated heterocycles. The Morgan fingerprint density at radius 1 is 1.00 bits per heavy atom. The maximum atomic E-state index is 12.4. The largest absolute Gasteiger partial charge is 0.496 e. The van der Waals surface area contributed by atoms with Gasteiger partial charge in [-0.25, -0.2) is 13.1 Å². The molecule has 0 aliphatic rings. The van der Waals surface area contributed by atoms with E-state index in [0.29, 0.717) is 34.1 Å². The molecule has 4 aromatic rings. The van der Waals surface area contributed by atoms with Crippen molar-refractivity contribution >= 4 is 38.2 Å². The fourth-order valence-electron chi connectivity index (χ4n) is 3.67. The zero-order valence-electron chi connectivity index (χ0n) is 18.8. The van der Waals surface area contributed by atoms with Gasteiger partial charge in [0.1, 0.15) is 11.4 Å². The van der Waals surface area contributed by atoms with Crippen LogP contribution in [0.15, 0.2) is 65.6 Å². The minimum atomic E-state index is -3.64. The van der Waals surface area contributed by atoms with Gasteiger partial charge in [-0.15, -0.1) is 10.2 Å². The van der Waals surface area contributed by atoms with Crippen LogP contribution in [0.25, 0.3) is 22.0 Å². The number of aromatic nitrogens is 2. The summed E-state index contributed by atoms with van der Waals surface area (Å²) in [5, 5.41) is 13.5. The molecule has 0 spiro atoms. The maximum absolute atomic E-state index is 12.4. The van der Waals surface area contributed by atoms with Crippen molar-refractivity contribution in [1.82, 2.24) is 14.9 Å². The fourth-order valence-corrected chi connectivity index (χ4v) is 4.67. The molecule has 0 fully saturated rings. The number of benzene rings is 3. The van der Waals surface area contributed by atoms with Crippen molar-refractivity contribution < 1.29 is 17.9 Å². The molecule has 0 bridgehead atoms. The molecule has 10 heteroatoms. The van der Waals surface area contributed by atoms with E-state index in [9.17, 15) is 13.2 Å². The van der Waals surface area contributed by atoms with Crippen LogP contribution >= 0.6 is 0 Å². The number of rotatable bonds is 7. The van der Waals surface area contributed by atoms with Gasteiger partial charge in [0.05, 0.1) is 17.6 Å². The third-order valence-corrected chi connectivity index (χ3v) is 6.99. The highest BCUT2D eigenvalue weighted by atomic mass is 32.2. The van der Waals surface area contributed by atoms with Crippen LogP contribution in [0.4, 0.5) is 11.5 Å². The normalized spacial score (nSPS) is 11.4. The van der Waals surface area contributed by atoms with Crippen molar-refractivity contribution in [3.63, 3.8) is 0 Å². The van der Waals surface area contributed by atoms with Crippen molar-refractivity contribution in [2.24, 2.45) is 5.73 Å². The molecule has 9 nitrogen and oxygen atoms in total. The maximum Gasteiger partial charge on any atom is 0.252 e. The summed E-state index contributed by atoms with van der Waals surface area (Å²) in [6.45, 7) is 1.74. The van der Waals surface area contributed by atoms with Gasteiger partial charge in [-0.2, -0.15) is 0 Å². The molecule has 34 heavy (non-hydrogen) atoms. The zero-order valence-corrected chi connectivity index (χ0v) is 19.6. The average molecular weight is 478 g/mol. The smallest absolute Gasteiger partial charge is 0.252 e. The molecule has 174 valence electrons. The van der Waals surface area contributed by atoms with E-state index in [1.165, 1.54) is 14.2 Å². The number of anilines is 2. The van der Waals surface area contributed by atoms with Crippen molar-refractivity contribution in [1.29, 1.82) is 0 Å². The van der Waals surface area contributed by atoms with Crippen molar-refractivity contribution in [3.05, 3.63) is 71.8 Å². The quantitative estimate of drug-likeness (QED) is 0.371. The number of carbonyl (C=O) groups excluding carboxylic acids is 1. The van der Waals surface area contributed by atoms with Crippen molar-refractivity contribution in [2.75, 3.05) is 19.5 Å². The number of primary amides is 1. The van der Waals surface area contributed by atoms with Crippen LogP contribution in [0.5, 0.6) is 5.75 Å². The molecular weight excluding hydrogens is 454 g/mol. The number of hydrogen-bond donors (Lipinski definition) is 3. The lowest BCUT2D eigenvalue weighted by Gasteiger charge is -2.14. The van der Waals surface area contributed by atoms with E-state index in [1.807, 2.05) is 30.3 Å². The number of ether oxygens (including phenoxy) is 1.